The fourth-order valence-corrected chi connectivity index (χ4v) is 2.08. The van der Waals surface area contributed by atoms with Crippen molar-refractivity contribution in [2.75, 3.05) is 13.2 Å². The van der Waals surface area contributed by atoms with Crippen molar-refractivity contribution in [3.8, 4) is 5.75 Å². The number of aliphatic hydroxyl groups is 1. The molecule has 0 amide bonds. The molecular weight excluding hydrogens is 250 g/mol. The number of ether oxygens (including phenoxy) is 1. The molecule has 0 aromatic heterocycles. The number of para-hydroxylation sites is 1. The van der Waals surface area contributed by atoms with Crippen molar-refractivity contribution in [2.45, 2.75) is 19.6 Å². The lowest BCUT2D eigenvalue weighted by molar-refractivity contribution is 0.174. The quantitative estimate of drug-likeness (QED) is 0.813. The van der Waals surface area contributed by atoms with Gasteiger partial charge in [-0.3, -0.25) is 0 Å². The van der Waals surface area contributed by atoms with Gasteiger partial charge in [-0.05, 0) is 18.6 Å². The van der Waals surface area contributed by atoms with Crippen LogP contribution in [0.15, 0.2) is 54.6 Å². The van der Waals surface area contributed by atoms with Gasteiger partial charge in [-0.1, -0.05) is 48.5 Å². The molecule has 0 aliphatic heterocycles. The van der Waals surface area contributed by atoms with Gasteiger partial charge in [-0.25, -0.2) is 0 Å². The lowest BCUT2D eigenvalue weighted by Crippen LogP contribution is -2.21. The minimum atomic E-state index is -0.490. The summed E-state index contributed by atoms with van der Waals surface area (Å²) in [5, 5.41) is 13.3. The lowest BCUT2D eigenvalue weighted by atomic mass is 10.1. The van der Waals surface area contributed by atoms with Crippen molar-refractivity contribution in [3.63, 3.8) is 0 Å². The Bertz CT molecular complexity index is 513. The average Bonchev–Trinajstić information content (AvgIpc) is 2.50. The largest absolute Gasteiger partial charge is 0.494 e. The molecule has 0 bridgehead atoms. The van der Waals surface area contributed by atoms with Crippen LogP contribution in [-0.4, -0.2) is 18.3 Å². The zero-order chi connectivity index (χ0) is 14.2. The third-order valence-electron chi connectivity index (χ3n) is 3.11. The van der Waals surface area contributed by atoms with E-state index in [0.717, 1.165) is 16.9 Å². The molecule has 2 aromatic rings. The predicted octanol–water partition coefficient (Wildman–Crippen LogP) is 2.91. The SMILES string of the molecule is CCOc1ccccc1CNCC(O)c1ccccc1. The van der Waals surface area contributed by atoms with Crippen LogP contribution in [0.25, 0.3) is 0 Å². The normalized spacial score (nSPS) is 12.1. The Kier molecular flexibility index (Phi) is 5.59. The van der Waals surface area contributed by atoms with Crippen molar-refractivity contribution in [3.05, 3.63) is 65.7 Å². The van der Waals surface area contributed by atoms with Gasteiger partial charge in [-0.15, -0.1) is 0 Å². The molecule has 2 N–H and O–H groups in total. The minimum Gasteiger partial charge on any atom is -0.494 e. The van der Waals surface area contributed by atoms with Gasteiger partial charge in [0.05, 0.1) is 12.7 Å². The Hall–Kier alpha value is -1.84. The standard InChI is InChI=1S/C17H21NO2/c1-2-20-17-11-7-6-10-15(17)12-18-13-16(19)14-8-4-3-5-9-14/h3-11,16,18-19H,2,12-13H2,1H3. The molecule has 20 heavy (non-hydrogen) atoms. The zero-order valence-corrected chi connectivity index (χ0v) is 11.8. The molecule has 3 nitrogen and oxygen atoms in total. The molecule has 1 atom stereocenters. The van der Waals surface area contributed by atoms with E-state index in [9.17, 15) is 5.11 Å². The van der Waals surface area contributed by atoms with Gasteiger partial charge in [0, 0.05) is 18.7 Å². The predicted molar refractivity (Wildman–Crippen MR) is 80.7 cm³/mol. The summed E-state index contributed by atoms with van der Waals surface area (Å²) in [6, 6.07) is 17.6. The highest BCUT2D eigenvalue weighted by Crippen LogP contribution is 2.18. The second-order valence-electron chi connectivity index (χ2n) is 4.60. The van der Waals surface area contributed by atoms with Gasteiger partial charge in [0.1, 0.15) is 5.75 Å². The summed E-state index contributed by atoms with van der Waals surface area (Å²) in [6.45, 7) is 3.83. The van der Waals surface area contributed by atoms with E-state index in [-0.39, 0.29) is 0 Å². The highest BCUT2D eigenvalue weighted by Gasteiger charge is 2.07. The summed E-state index contributed by atoms with van der Waals surface area (Å²) in [4.78, 5) is 0. The first-order chi connectivity index (χ1) is 9.81. The highest BCUT2D eigenvalue weighted by molar-refractivity contribution is 5.33. The number of aliphatic hydroxyl groups excluding tert-OH is 1. The van der Waals surface area contributed by atoms with Crippen molar-refractivity contribution >= 4 is 0 Å². The summed E-state index contributed by atoms with van der Waals surface area (Å²) in [5.74, 6) is 0.900. The number of benzene rings is 2. The monoisotopic (exact) mass is 271 g/mol. The van der Waals surface area contributed by atoms with Gasteiger partial charge < -0.3 is 15.2 Å². The fraction of sp³-hybridized carbons (Fsp3) is 0.294. The molecule has 0 saturated carbocycles. The van der Waals surface area contributed by atoms with Gasteiger partial charge >= 0.3 is 0 Å². The first-order valence-corrected chi connectivity index (χ1v) is 6.95. The summed E-state index contributed by atoms with van der Waals surface area (Å²) in [6.07, 6.45) is -0.490. The number of hydrogen-bond donors (Lipinski definition) is 2. The third kappa shape index (κ3) is 4.08. The molecule has 0 spiro atoms. The average molecular weight is 271 g/mol. The van der Waals surface area contributed by atoms with E-state index >= 15 is 0 Å². The molecule has 0 aliphatic carbocycles. The van der Waals surface area contributed by atoms with Crippen molar-refractivity contribution in [2.24, 2.45) is 0 Å². The van der Waals surface area contributed by atoms with Crippen LogP contribution in [-0.2, 0) is 6.54 Å². The van der Waals surface area contributed by atoms with Crippen LogP contribution in [0.2, 0.25) is 0 Å². The molecule has 0 saturated heterocycles. The molecule has 0 aliphatic rings. The molecule has 106 valence electrons. The first kappa shape index (κ1) is 14.6. The van der Waals surface area contributed by atoms with Crippen LogP contribution in [0.5, 0.6) is 5.75 Å². The third-order valence-corrected chi connectivity index (χ3v) is 3.11. The fourth-order valence-electron chi connectivity index (χ4n) is 2.08. The van der Waals surface area contributed by atoms with Crippen LogP contribution in [0, 0.1) is 0 Å². The Balaban J connectivity index is 1.87. The topological polar surface area (TPSA) is 41.5 Å². The first-order valence-electron chi connectivity index (χ1n) is 6.95. The molecular formula is C17H21NO2. The maximum absolute atomic E-state index is 10.1. The van der Waals surface area contributed by atoms with Gasteiger partial charge in [-0.2, -0.15) is 0 Å². The molecule has 0 radical (unpaired) electrons. The molecule has 0 heterocycles. The summed E-state index contributed by atoms with van der Waals surface area (Å²) >= 11 is 0. The van der Waals surface area contributed by atoms with Crippen LogP contribution >= 0.6 is 0 Å². The zero-order valence-electron chi connectivity index (χ0n) is 11.8. The second-order valence-corrected chi connectivity index (χ2v) is 4.60. The Morgan fingerprint density at radius 3 is 2.50 bits per heavy atom. The van der Waals surface area contributed by atoms with Crippen molar-refractivity contribution < 1.29 is 9.84 Å². The van der Waals surface area contributed by atoms with E-state index < -0.39 is 6.10 Å². The van der Waals surface area contributed by atoms with Gasteiger partial charge in [0.15, 0.2) is 0 Å². The van der Waals surface area contributed by atoms with Crippen molar-refractivity contribution in [1.29, 1.82) is 0 Å². The van der Waals surface area contributed by atoms with Crippen LogP contribution < -0.4 is 10.1 Å². The van der Waals surface area contributed by atoms with Crippen LogP contribution in [0.1, 0.15) is 24.2 Å². The maximum Gasteiger partial charge on any atom is 0.123 e. The van der Waals surface area contributed by atoms with E-state index in [1.165, 1.54) is 0 Å². The summed E-state index contributed by atoms with van der Waals surface area (Å²) in [5.41, 5.74) is 2.03. The number of rotatable bonds is 7. The molecule has 2 rings (SSSR count). The van der Waals surface area contributed by atoms with Crippen molar-refractivity contribution in [1.82, 2.24) is 5.32 Å². The Morgan fingerprint density at radius 1 is 1.05 bits per heavy atom. The van der Waals surface area contributed by atoms with E-state index in [1.807, 2.05) is 61.5 Å². The summed E-state index contributed by atoms with van der Waals surface area (Å²) in [7, 11) is 0. The van der Waals surface area contributed by atoms with E-state index in [1.54, 1.807) is 0 Å². The second kappa shape index (κ2) is 7.68. The summed E-state index contributed by atoms with van der Waals surface area (Å²) < 4.78 is 5.58. The van der Waals surface area contributed by atoms with E-state index in [2.05, 4.69) is 5.32 Å². The van der Waals surface area contributed by atoms with Gasteiger partial charge in [0.2, 0.25) is 0 Å². The van der Waals surface area contributed by atoms with Crippen LogP contribution in [0.4, 0.5) is 0 Å². The number of hydrogen-bond acceptors (Lipinski definition) is 3. The van der Waals surface area contributed by atoms with Crippen LogP contribution in [0.3, 0.4) is 0 Å². The molecule has 2 aromatic carbocycles. The molecule has 3 heteroatoms. The number of nitrogens with one attached hydrogen (secondary N) is 1. The Labute approximate surface area is 120 Å². The highest BCUT2D eigenvalue weighted by atomic mass is 16.5. The smallest absolute Gasteiger partial charge is 0.123 e. The van der Waals surface area contributed by atoms with Gasteiger partial charge in [0.25, 0.3) is 0 Å². The maximum atomic E-state index is 10.1. The van der Waals surface area contributed by atoms with E-state index in [0.29, 0.717) is 19.7 Å². The van der Waals surface area contributed by atoms with E-state index in [4.69, 9.17) is 4.74 Å². The Morgan fingerprint density at radius 2 is 1.75 bits per heavy atom. The lowest BCUT2D eigenvalue weighted by Gasteiger charge is -2.14. The molecule has 1 unspecified atom stereocenters. The molecule has 0 fully saturated rings. The minimum absolute atomic E-state index is 0.490.